The fourth-order valence-electron chi connectivity index (χ4n) is 0.754. The van der Waals surface area contributed by atoms with Gasteiger partial charge in [0, 0.05) is 5.75 Å². The van der Waals surface area contributed by atoms with Gasteiger partial charge in [-0.05, 0) is 6.42 Å². The summed E-state index contributed by atoms with van der Waals surface area (Å²) in [4.78, 5) is 10.6. The molecule has 0 aliphatic carbocycles. The molecule has 0 amide bonds. The zero-order valence-electron chi connectivity index (χ0n) is 7.37. The van der Waals surface area contributed by atoms with Crippen LogP contribution >= 0.6 is 0 Å². The van der Waals surface area contributed by atoms with E-state index in [-0.39, 0.29) is 17.9 Å². The fourth-order valence-corrected chi connectivity index (χ4v) is 2.06. The normalized spacial score (nSPS) is 11.2. The van der Waals surface area contributed by atoms with Gasteiger partial charge in [-0.1, -0.05) is 6.92 Å². The van der Waals surface area contributed by atoms with Gasteiger partial charge in [0.25, 0.3) is 0 Å². The minimum atomic E-state index is -3.04. The Hall–Kier alpha value is -0.580. The van der Waals surface area contributed by atoms with Crippen LogP contribution < -0.4 is 0 Å². The predicted octanol–water partition coefficient (Wildman–Crippen LogP) is 0.374. The molecule has 0 radical (unpaired) electrons. The maximum absolute atomic E-state index is 11.0. The van der Waals surface area contributed by atoms with Gasteiger partial charge in [-0.3, -0.25) is 4.79 Å². The molecule has 0 aliphatic heterocycles. The molecule has 0 aromatic carbocycles. The van der Waals surface area contributed by atoms with Crippen molar-refractivity contribution in [3.05, 3.63) is 0 Å². The van der Waals surface area contributed by atoms with E-state index in [1.807, 2.05) is 0 Å². The van der Waals surface area contributed by atoms with Crippen molar-refractivity contribution in [2.75, 3.05) is 18.6 Å². The number of carbonyl (C=O) groups excluding carboxylic acids is 1. The van der Waals surface area contributed by atoms with E-state index in [1.54, 1.807) is 6.92 Å². The number of esters is 1. The van der Waals surface area contributed by atoms with Crippen molar-refractivity contribution in [2.24, 2.45) is 0 Å². The molecule has 12 heavy (non-hydrogen) atoms. The average molecular weight is 194 g/mol. The van der Waals surface area contributed by atoms with Crippen molar-refractivity contribution in [1.29, 1.82) is 0 Å². The Morgan fingerprint density at radius 3 is 2.33 bits per heavy atom. The molecule has 5 heteroatoms. The van der Waals surface area contributed by atoms with Crippen LogP contribution in [0.15, 0.2) is 0 Å². The van der Waals surface area contributed by atoms with Crippen molar-refractivity contribution in [3.8, 4) is 0 Å². The molecule has 0 rings (SSSR count). The molecule has 0 heterocycles. The van der Waals surface area contributed by atoms with E-state index >= 15 is 0 Å². The SMILES string of the molecule is CCCS(=O)(=O)CCC(=O)OC. The van der Waals surface area contributed by atoms with Crippen molar-refractivity contribution in [2.45, 2.75) is 19.8 Å². The smallest absolute Gasteiger partial charge is 0.306 e. The van der Waals surface area contributed by atoms with Gasteiger partial charge in [0.15, 0.2) is 9.84 Å². The lowest BCUT2D eigenvalue weighted by Crippen LogP contribution is -2.14. The highest BCUT2D eigenvalue weighted by Gasteiger charge is 2.11. The summed E-state index contributed by atoms with van der Waals surface area (Å²) < 4.78 is 26.4. The fraction of sp³-hybridized carbons (Fsp3) is 0.857. The molecule has 0 N–H and O–H groups in total. The van der Waals surface area contributed by atoms with Crippen LogP contribution in [0.5, 0.6) is 0 Å². The minimum Gasteiger partial charge on any atom is -0.469 e. The third-order valence-corrected chi connectivity index (χ3v) is 3.22. The van der Waals surface area contributed by atoms with Crippen LogP contribution in [-0.4, -0.2) is 33.0 Å². The summed E-state index contributed by atoms with van der Waals surface area (Å²) >= 11 is 0. The second-order valence-corrected chi connectivity index (χ2v) is 4.78. The molecule has 72 valence electrons. The van der Waals surface area contributed by atoms with Gasteiger partial charge in [0.05, 0.1) is 19.3 Å². The van der Waals surface area contributed by atoms with Crippen LogP contribution in [0.25, 0.3) is 0 Å². The molecule has 0 spiro atoms. The summed E-state index contributed by atoms with van der Waals surface area (Å²) in [5.74, 6) is -0.438. The predicted molar refractivity (Wildman–Crippen MR) is 45.6 cm³/mol. The summed E-state index contributed by atoms with van der Waals surface area (Å²) in [6.45, 7) is 1.79. The maximum Gasteiger partial charge on any atom is 0.306 e. The van der Waals surface area contributed by atoms with Gasteiger partial charge < -0.3 is 4.74 Å². The van der Waals surface area contributed by atoms with E-state index in [4.69, 9.17) is 0 Å². The number of methoxy groups -OCH3 is 1. The molecule has 0 fully saturated rings. The summed E-state index contributed by atoms with van der Waals surface area (Å²) in [5, 5.41) is 0. The molecule has 0 aromatic rings. The second-order valence-electron chi connectivity index (χ2n) is 2.48. The Bertz CT molecular complexity index is 230. The van der Waals surface area contributed by atoms with Gasteiger partial charge in [0.1, 0.15) is 0 Å². The molecule has 0 atom stereocenters. The third-order valence-electron chi connectivity index (χ3n) is 1.36. The summed E-state index contributed by atoms with van der Waals surface area (Å²) in [6.07, 6.45) is 0.544. The van der Waals surface area contributed by atoms with Crippen LogP contribution in [0.3, 0.4) is 0 Å². The molecule has 0 aromatic heterocycles. The van der Waals surface area contributed by atoms with Gasteiger partial charge in [-0.25, -0.2) is 8.42 Å². The van der Waals surface area contributed by atoms with Gasteiger partial charge in [0.2, 0.25) is 0 Å². The third kappa shape index (κ3) is 5.12. The minimum absolute atomic E-state index is 0.0428. The lowest BCUT2D eigenvalue weighted by molar-refractivity contribution is -0.140. The summed E-state index contributed by atoms with van der Waals surface area (Å²) in [6, 6.07) is 0. The first kappa shape index (κ1) is 11.4. The highest BCUT2D eigenvalue weighted by molar-refractivity contribution is 7.91. The van der Waals surface area contributed by atoms with Crippen LogP contribution in [0.1, 0.15) is 19.8 Å². The number of sulfone groups is 1. The number of rotatable bonds is 5. The lowest BCUT2D eigenvalue weighted by Gasteiger charge is -2.00. The van der Waals surface area contributed by atoms with Crippen molar-refractivity contribution < 1.29 is 17.9 Å². The topological polar surface area (TPSA) is 60.4 Å². The zero-order valence-corrected chi connectivity index (χ0v) is 8.19. The van der Waals surface area contributed by atoms with Crippen molar-refractivity contribution >= 4 is 15.8 Å². The molecular formula is C7H14O4S. The van der Waals surface area contributed by atoms with Crippen LogP contribution in [-0.2, 0) is 19.4 Å². The quantitative estimate of drug-likeness (QED) is 0.593. The van der Waals surface area contributed by atoms with Crippen LogP contribution in [0.4, 0.5) is 0 Å². The second kappa shape index (κ2) is 5.13. The maximum atomic E-state index is 11.0. The Kier molecular flexibility index (Phi) is 4.89. The highest BCUT2D eigenvalue weighted by atomic mass is 32.2. The molecule has 0 aliphatic rings. The molecule has 0 saturated heterocycles. The van der Waals surface area contributed by atoms with Crippen molar-refractivity contribution in [1.82, 2.24) is 0 Å². The molecule has 0 unspecified atom stereocenters. The molecule has 4 nitrogen and oxygen atoms in total. The molecule has 0 bridgehead atoms. The average Bonchev–Trinajstić information content (AvgIpc) is 2.00. The first-order valence-electron chi connectivity index (χ1n) is 3.79. The first-order chi connectivity index (χ1) is 5.52. The van der Waals surface area contributed by atoms with E-state index in [2.05, 4.69) is 4.74 Å². The molecular weight excluding hydrogens is 180 g/mol. The Labute approximate surface area is 72.8 Å². The zero-order chi connectivity index (χ0) is 9.61. The standard InChI is InChI=1S/C7H14O4S/c1-3-5-12(9,10)6-4-7(8)11-2/h3-6H2,1-2H3. The first-order valence-corrected chi connectivity index (χ1v) is 5.61. The molecule has 0 saturated carbocycles. The summed E-state index contributed by atoms with van der Waals surface area (Å²) in [5.41, 5.74) is 0. The Balaban J connectivity index is 3.84. The van der Waals surface area contributed by atoms with Crippen LogP contribution in [0, 0.1) is 0 Å². The number of carbonyl (C=O) groups is 1. The van der Waals surface area contributed by atoms with E-state index in [0.29, 0.717) is 6.42 Å². The Morgan fingerprint density at radius 1 is 1.33 bits per heavy atom. The van der Waals surface area contributed by atoms with E-state index in [9.17, 15) is 13.2 Å². The van der Waals surface area contributed by atoms with Gasteiger partial charge in [-0.2, -0.15) is 0 Å². The van der Waals surface area contributed by atoms with E-state index < -0.39 is 15.8 Å². The number of ether oxygens (including phenoxy) is 1. The van der Waals surface area contributed by atoms with E-state index in [0.717, 1.165) is 0 Å². The lowest BCUT2D eigenvalue weighted by atomic mass is 10.5. The largest absolute Gasteiger partial charge is 0.469 e. The van der Waals surface area contributed by atoms with Crippen LogP contribution in [0.2, 0.25) is 0 Å². The number of hydrogen-bond acceptors (Lipinski definition) is 4. The van der Waals surface area contributed by atoms with E-state index in [1.165, 1.54) is 7.11 Å². The van der Waals surface area contributed by atoms with Crippen molar-refractivity contribution in [3.63, 3.8) is 0 Å². The highest BCUT2D eigenvalue weighted by Crippen LogP contribution is 1.97. The van der Waals surface area contributed by atoms with Gasteiger partial charge in [-0.15, -0.1) is 0 Å². The number of hydrogen-bond donors (Lipinski definition) is 0. The Morgan fingerprint density at radius 2 is 1.92 bits per heavy atom. The summed E-state index contributed by atoms with van der Waals surface area (Å²) in [7, 11) is -1.79. The van der Waals surface area contributed by atoms with Gasteiger partial charge >= 0.3 is 5.97 Å². The monoisotopic (exact) mass is 194 g/mol.